The number of thioether (sulfide) groups is 1. The second-order valence-electron chi connectivity index (χ2n) is 5.84. The molecule has 4 nitrogen and oxygen atoms in total. The second-order valence-corrected chi connectivity index (χ2v) is 7.79. The van der Waals surface area contributed by atoms with Gasteiger partial charge in [-0.25, -0.2) is 0 Å². The fourth-order valence-corrected chi connectivity index (χ4v) is 4.03. The van der Waals surface area contributed by atoms with Crippen molar-refractivity contribution in [3.8, 4) is 5.69 Å². The van der Waals surface area contributed by atoms with Crippen molar-refractivity contribution in [3.05, 3.63) is 50.9 Å². The molecule has 0 aliphatic carbocycles. The molecule has 1 aromatic heterocycles. The summed E-state index contributed by atoms with van der Waals surface area (Å²) in [6, 6.07) is 6.96. The minimum absolute atomic E-state index is 0.224. The first-order valence-electron chi connectivity index (χ1n) is 7.91. The van der Waals surface area contributed by atoms with Gasteiger partial charge in [0.15, 0.2) is 0 Å². The molecule has 2 aromatic rings. The van der Waals surface area contributed by atoms with Crippen LogP contribution >= 0.6 is 35.0 Å². The summed E-state index contributed by atoms with van der Waals surface area (Å²) < 4.78 is 1.31. The van der Waals surface area contributed by atoms with Crippen LogP contribution in [0.1, 0.15) is 19.3 Å². The third-order valence-electron chi connectivity index (χ3n) is 4.27. The van der Waals surface area contributed by atoms with Crippen LogP contribution in [0.15, 0.2) is 35.3 Å². The van der Waals surface area contributed by atoms with Crippen LogP contribution in [0.2, 0.25) is 10.0 Å². The minimum Gasteiger partial charge on any atom is -0.368 e. The van der Waals surface area contributed by atoms with Crippen molar-refractivity contribution in [2.24, 2.45) is 0 Å². The van der Waals surface area contributed by atoms with E-state index in [0.29, 0.717) is 16.0 Å². The molecule has 0 bridgehead atoms. The first kappa shape index (κ1) is 17.6. The predicted molar refractivity (Wildman–Crippen MR) is 103 cm³/mol. The third-order valence-corrected chi connectivity index (χ3v) is 5.93. The fraction of sp³-hybridized carbons (Fsp3) is 0.412. The largest absolute Gasteiger partial charge is 0.368 e. The Balaban J connectivity index is 1.95. The topological polar surface area (TPSA) is 38.1 Å². The van der Waals surface area contributed by atoms with E-state index < -0.39 is 0 Å². The van der Waals surface area contributed by atoms with Crippen LogP contribution in [-0.4, -0.2) is 34.4 Å². The smallest absolute Gasteiger partial charge is 0.292 e. The Morgan fingerprint density at radius 1 is 1.21 bits per heavy atom. The van der Waals surface area contributed by atoms with Crippen LogP contribution in [0.5, 0.6) is 0 Å². The summed E-state index contributed by atoms with van der Waals surface area (Å²) in [4.78, 5) is 14.8. The van der Waals surface area contributed by atoms with Gasteiger partial charge >= 0.3 is 0 Å². The lowest BCUT2D eigenvalue weighted by molar-refractivity contribution is 0.736. The molecular weight excluding hydrogens is 365 g/mol. The van der Waals surface area contributed by atoms with Crippen LogP contribution in [0.4, 0.5) is 5.69 Å². The molecule has 7 heteroatoms. The van der Waals surface area contributed by atoms with Crippen LogP contribution in [0.3, 0.4) is 0 Å². The van der Waals surface area contributed by atoms with Gasteiger partial charge in [0.05, 0.1) is 17.6 Å². The van der Waals surface area contributed by atoms with E-state index in [-0.39, 0.29) is 10.6 Å². The van der Waals surface area contributed by atoms with E-state index in [2.05, 4.69) is 16.3 Å². The van der Waals surface area contributed by atoms with Gasteiger partial charge in [0.1, 0.15) is 5.02 Å². The number of aromatic nitrogens is 2. The first-order valence-corrected chi connectivity index (χ1v) is 9.96. The molecule has 0 saturated carbocycles. The standard InChI is InChI=1S/C17H19Cl2N3OS/c1-24-14-4-2-3-9-21(11-14)15-10-20-22(17(23)16(15)19)13-7-5-12(18)6-8-13/h5-8,10,14H,2-4,9,11H2,1H3. The van der Waals surface area contributed by atoms with Crippen LogP contribution < -0.4 is 10.5 Å². The van der Waals surface area contributed by atoms with Gasteiger partial charge in [-0.15, -0.1) is 0 Å². The zero-order valence-corrected chi connectivity index (χ0v) is 15.7. The molecule has 1 aliphatic heterocycles. The zero-order chi connectivity index (χ0) is 17.1. The summed E-state index contributed by atoms with van der Waals surface area (Å²) in [7, 11) is 0. The van der Waals surface area contributed by atoms with E-state index in [1.165, 1.54) is 17.5 Å². The normalized spacial score (nSPS) is 18.5. The Kier molecular flexibility index (Phi) is 5.74. The Morgan fingerprint density at radius 3 is 2.67 bits per heavy atom. The Labute approximate surface area is 155 Å². The molecule has 1 unspecified atom stereocenters. The summed E-state index contributed by atoms with van der Waals surface area (Å²) in [6.45, 7) is 1.80. The Hall–Kier alpha value is -1.17. The molecule has 0 N–H and O–H groups in total. The van der Waals surface area contributed by atoms with E-state index in [1.54, 1.807) is 30.5 Å². The van der Waals surface area contributed by atoms with Crippen LogP contribution in [0.25, 0.3) is 5.69 Å². The Morgan fingerprint density at radius 2 is 1.96 bits per heavy atom. The summed E-state index contributed by atoms with van der Waals surface area (Å²) in [6.07, 6.45) is 7.33. The van der Waals surface area contributed by atoms with E-state index in [1.807, 2.05) is 11.8 Å². The average molecular weight is 384 g/mol. The molecule has 1 atom stereocenters. The molecule has 3 rings (SSSR count). The summed E-state index contributed by atoms with van der Waals surface area (Å²) in [5.41, 5.74) is 1.07. The zero-order valence-electron chi connectivity index (χ0n) is 13.4. The number of rotatable bonds is 3. The van der Waals surface area contributed by atoms with Crippen molar-refractivity contribution >= 4 is 40.7 Å². The maximum Gasteiger partial charge on any atom is 0.292 e. The van der Waals surface area contributed by atoms with Crippen LogP contribution in [0, 0.1) is 0 Å². The second kappa shape index (κ2) is 7.81. The first-order chi connectivity index (χ1) is 11.6. The molecular formula is C17H19Cl2N3OS. The predicted octanol–water partition coefficient (Wildman–Crippen LogP) is 4.26. The number of nitrogens with zero attached hydrogens (tertiary/aromatic N) is 3. The quantitative estimate of drug-likeness (QED) is 0.793. The molecule has 0 radical (unpaired) electrons. The Bertz CT molecular complexity index is 763. The fourth-order valence-electron chi connectivity index (χ4n) is 2.92. The highest BCUT2D eigenvalue weighted by Gasteiger charge is 2.21. The van der Waals surface area contributed by atoms with Crippen LogP contribution in [-0.2, 0) is 0 Å². The monoisotopic (exact) mass is 383 g/mol. The number of hydrogen-bond acceptors (Lipinski definition) is 4. The van der Waals surface area contributed by atoms with Crippen molar-refractivity contribution < 1.29 is 0 Å². The SMILES string of the molecule is CSC1CCCCN(c2cnn(-c3ccc(Cl)cc3)c(=O)c2Cl)C1. The van der Waals surface area contributed by atoms with Gasteiger partial charge in [0.25, 0.3) is 5.56 Å². The van der Waals surface area contributed by atoms with Gasteiger partial charge in [-0.2, -0.15) is 21.5 Å². The van der Waals surface area contributed by atoms with Gasteiger partial charge in [-0.05, 0) is 43.4 Å². The van der Waals surface area contributed by atoms with E-state index in [4.69, 9.17) is 23.2 Å². The lowest BCUT2D eigenvalue weighted by atomic mass is 10.2. The van der Waals surface area contributed by atoms with Crippen molar-refractivity contribution in [2.75, 3.05) is 24.2 Å². The van der Waals surface area contributed by atoms with Crippen molar-refractivity contribution in [2.45, 2.75) is 24.5 Å². The molecule has 1 saturated heterocycles. The lowest BCUT2D eigenvalue weighted by Crippen LogP contribution is -2.32. The average Bonchev–Trinajstić information content (AvgIpc) is 2.84. The van der Waals surface area contributed by atoms with Crippen molar-refractivity contribution in [3.63, 3.8) is 0 Å². The number of hydrogen-bond donors (Lipinski definition) is 0. The van der Waals surface area contributed by atoms with Gasteiger partial charge in [0, 0.05) is 23.4 Å². The molecule has 1 aromatic carbocycles. The van der Waals surface area contributed by atoms with E-state index in [0.717, 1.165) is 25.2 Å². The van der Waals surface area contributed by atoms with Gasteiger partial charge < -0.3 is 4.90 Å². The molecule has 2 heterocycles. The maximum atomic E-state index is 12.7. The van der Waals surface area contributed by atoms with E-state index >= 15 is 0 Å². The van der Waals surface area contributed by atoms with E-state index in [9.17, 15) is 4.79 Å². The number of anilines is 1. The van der Waals surface area contributed by atoms with Gasteiger partial charge in [0.2, 0.25) is 0 Å². The number of halogens is 2. The number of benzene rings is 1. The third kappa shape index (κ3) is 3.73. The van der Waals surface area contributed by atoms with Gasteiger partial charge in [-0.3, -0.25) is 4.79 Å². The highest BCUT2D eigenvalue weighted by atomic mass is 35.5. The molecule has 1 fully saturated rings. The molecule has 1 aliphatic rings. The highest BCUT2D eigenvalue weighted by Crippen LogP contribution is 2.28. The molecule has 128 valence electrons. The summed E-state index contributed by atoms with van der Waals surface area (Å²) in [5, 5.41) is 5.72. The molecule has 0 amide bonds. The molecule has 24 heavy (non-hydrogen) atoms. The lowest BCUT2D eigenvalue weighted by Gasteiger charge is -2.26. The summed E-state index contributed by atoms with van der Waals surface area (Å²) >= 11 is 14.2. The van der Waals surface area contributed by atoms with Crippen molar-refractivity contribution in [1.82, 2.24) is 9.78 Å². The summed E-state index contributed by atoms with van der Waals surface area (Å²) in [5.74, 6) is 0. The maximum absolute atomic E-state index is 12.7. The van der Waals surface area contributed by atoms with Crippen molar-refractivity contribution in [1.29, 1.82) is 0 Å². The van der Waals surface area contributed by atoms with Gasteiger partial charge in [-0.1, -0.05) is 29.6 Å². The minimum atomic E-state index is -0.304. The highest BCUT2D eigenvalue weighted by molar-refractivity contribution is 7.99. The molecule has 0 spiro atoms.